The lowest BCUT2D eigenvalue weighted by molar-refractivity contribution is 0.0822. The third kappa shape index (κ3) is 7.64. The number of nitrogen functional groups attached to an aromatic ring is 1. The Kier molecular flexibility index (Phi) is 11.8. The van der Waals surface area contributed by atoms with E-state index in [4.69, 9.17) is 26.0 Å². The highest BCUT2D eigenvalue weighted by Gasteiger charge is 2.17. The Hall–Kier alpha value is -3.24. The van der Waals surface area contributed by atoms with Gasteiger partial charge in [0.05, 0.1) is 18.2 Å². The minimum atomic E-state index is 0.250. The summed E-state index contributed by atoms with van der Waals surface area (Å²) >= 11 is 0. The fourth-order valence-electron chi connectivity index (χ4n) is 4.35. The highest BCUT2D eigenvalue weighted by molar-refractivity contribution is 6.09. The highest BCUT2D eigenvalue weighted by Crippen LogP contribution is 2.33. The summed E-state index contributed by atoms with van der Waals surface area (Å²) in [6.45, 7) is 7.87. The molecule has 0 saturated carbocycles. The molecule has 1 saturated heterocycles. The van der Waals surface area contributed by atoms with E-state index in [0.29, 0.717) is 25.1 Å². The lowest BCUT2D eigenvalue weighted by Crippen LogP contribution is -2.09. The van der Waals surface area contributed by atoms with Crippen LogP contribution in [0.1, 0.15) is 44.2 Å². The van der Waals surface area contributed by atoms with Crippen LogP contribution < -0.4 is 16.8 Å². The van der Waals surface area contributed by atoms with Crippen molar-refractivity contribution in [2.75, 3.05) is 44.5 Å². The largest absolute Gasteiger partial charge is 0.397 e. The second kappa shape index (κ2) is 15.2. The zero-order valence-corrected chi connectivity index (χ0v) is 22.8. The molecule has 6 N–H and O–H groups in total. The van der Waals surface area contributed by atoms with Gasteiger partial charge in [0.15, 0.2) is 5.82 Å². The summed E-state index contributed by atoms with van der Waals surface area (Å²) in [4.78, 5) is 9.09. The number of aliphatic hydroxyl groups excluding tert-OH is 1. The van der Waals surface area contributed by atoms with Gasteiger partial charge in [-0.3, -0.25) is 0 Å². The van der Waals surface area contributed by atoms with Crippen molar-refractivity contribution in [1.82, 2.24) is 14.5 Å². The Balaban J connectivity index is 0.000000338. The zero-order chi connectivity index (χ0) is 27.3. The lowest BCUT2D eigenvalue weighted by atomic mass is 10.1. The molecule has 9 heteroatoms. The predicted octanol–water partition coefficient (Wildman–Crippen LogP) is 4.31. The van der Waals surface area contributed by atoms with Crippen molar-refractivity contribution >= 4 is 33.7 Å². The van der Waals surface area contributed by atoms with Crippen molar-refractivity contribution in [1.29, 1.82) is 0 Å². The SMILES string of the molecule is CCCCNc1nc(N)nc2c3ccccc3n(Cc3cccc(CN)c3)c12.CCO.COC1CCOC1. The molecule has 9 nitrogen and oxygen atoms in total. The Morgan fingerprint density at radius 1 is 1.13 bits per heavy atom. The first-order valence-corrected chi connectivity index (χ1v) is 13.3. The van der Waals surface area contributed by atoms with E-state index in [0.717, 1.165) is 72.3 Å². The predicted molar refractivity (Wildman–Crippen MR) is 155 cm³/mol. The van der Waals surface area contributed by atoms with Crippen LogP contribution in [0.25, 0.3) is 21.9 Å². The molecular weight excluding hydrogens is 480 g/mol. The molecule has 0 spiro atoms. The van der Waals surface area contributed by atoms with E-state index < -0.39 is 0 Å². The number of unbranched alkanes of at least 4 members (excludes halogenated alkanes) is 1. The molecule has 1 aliphatic heterocycles. The van der Waals surface area contributed by atoms with E-state index >= 15 is 0 Å². The highest BCUT2D eigenvalue weighted by atomic mass is 16.5. The minimum absolute atomic E-state index is 0.250. The van der Waals surface area contributed by atoms with Gasteiger partial charge in [0.25, 0.3) is 0 Å². The average molecular weight is 523 g/mol. The first-order valence-electron chi connectivity index (χ1n) is 13.3. The summed E-state index contributed by atoms with van der Waals surface area (Å²) in [7, 11) is 1.72. The number of hydrogen-bond donors (Lipinski definition) is 4. The molecule has 1 atom stereocenters. The van der Waals surface area contributed by atoms with Crippen LogP contribution in [0.5, 0.6) is 0 Å². The number of hydrogen-bond acceptors (Lipinski definition) is 8. The molecule has 0 amide bonds. The fraction of sp³-hybridized carbons (Fsp3) is 0.448. The van der Waals surface area contributed by atoms with Gasteiger partial charge in [-0.2, -0.15) is 4.98 Å². The average Bonchev–Trinajstić information content (AvgIpc) is 3.57. The number of methoxy groups -OCH3 is 1. The maximum absolute atomic E-state index is 7.57. The van der Waals surface area contributed by atoms with Crippen molar-refractivity contribution in [3.8, 4) is 0 Å². The Bertz CT molecular complexity index is 1270. The number of nitrogens with two attached hydrogens (primary N) is 2. The fourth-order valence-corrected chi connectivity index (χ4v) is 4.35. The third-order valence-electron chi connectivity index (χ3n) is 6.23. The number of benzene rings is 2. The van der Waals surface area contributed by atoms with Crippen molar-refractivity contribution in [3.05, 3.63) is 59.7 Å². The first-order chi connectivity index (χ1) is 18.6. The van der Waals surface area contributed by atoms with Crippen LogP contribution in [0, 0.1) is 0 Å². The van der Waals surface area contributed by atoms with Gasteiger partial charge in [-0.25, -0.2) is 4.98 Å². The van der Waals surface area contributed by atoms with Crippen LogP contribution in [0.2, 0.25) is 0 Å². The zero-order valence-electron chi connectivity index (χ0n) is 22.8. The second-order valence-corrected chi connectivity index (χ2v) is 9.07. The number of anilines is 2. The second-order valence-electron chi connectivity index (χ2n) is 9.07. The van der Waals surface area contributed by atoms with Crippen LogP contribution in [-0.4, -0.2) is 59.2 Å². The number of ether oxygens (including phenoxy) is 2. The number of fused-ring (bicyclic) bond motifs is 3. The van der Waals surface area contributed by atoms with Gasteiger partial charge in [0, 0.05) is 45.3 Å². The molecule has 1 unspecified atom stereocenters. The number of rotatable bonds is 8. The monoisotopic (exact) mass is 522 g/mol. The molecule has 38 heavy (non-hydrogen) atoms. The minimum Gasteiger partial charge on any atom is -0.397 e. The summed E-state index contributed by atoms with van der Waals surface area (Å²) in [5, 5.41) is 12.1. The summed E-state index contributed by atoms with van der Waals surface area (Å²) < 4.78 is 12.3. The maximum atomic E-state index is 7.57. The molecule has 4 aromatic rings. The molecule has 0 bridgehead atoms. The summed E-state index contributed by atoms with van der Waals surface area (Å²) in [6.07, 6.45) is 3.63. The Morgan fingerprint density at radius 3 is 2.55 bits per heavy atom. The first kappa shape index (κ1) is 29.3. The van der Waals surface area contributed by atoms with E-state index in [2.05, 4.69) is 69.2 Å². The van der Waals surface area contributed by atoms with Crippen LogP contribution in [0.15, 0.2) is 48.5 Å². The smallest absolute Gasteiger partial charge is 0.222 e. The van der Waals surface area contributed by atoms with E-state index in [1.165, 1.54) is 5.56 Å². The van der Waals surface area contributed by atoms with Crippen molar-refractivity contribution in [3.63, 3.8) is 0 Å². The lowest BCUT2D eigenvalue weighted by Gasteiger charge is -2.12. The van der Waals surface area contributed by atoms with Crippen molar-refractivity contribution in [2.24, 2.45) is 5.73 Å². The quantitative estimate of drug-likeness (QED) is 0.252. The summed E-state index contributed by atoms with van der Waals surface area (Å²) in [5.41, 5.74) is 17.2. The van der Waals surface area contributed by atoms with E-state index in [1.54, 1.807) is 14.0 Å². The Morgan fingerprint density at radius 2 is 1.89 bits per heavy atom. The summed E-state index contributed by atoms with van der Waals surface area (Å²) in [5.74, 6) is 1.08. The molecule has 2 aromatic heterocycles. The van der Waals surface area contributed by atoms with Crippen molar-refractivity contribution < 1.29 is 14.6 Å². The number of nitrogens with zero attached hydrogens (tertiary/aromatic N) is 3. The van der Waals surface area contributed by atoms with E-state index in [1.807, 2.05) is 6.07 Å². The van der Waals surface area contributed by atoms with Gasteiger partial charge in [0.1, 0.15) is 11.0 Å². The van der Waals surface area contributed by atoms with Crippen molar-refractivity contribution in [2.45, 2.75) is 52.3 Å². The van der Waals surface area contributed by atoms with Crippen LogP contribution in [0.4, 0.5) is 11.8 Å². The molecular formula is C29H42N6O3. The van der Waals surface area contributed by atoms with Gasteiger partial charge < -0.3 is 35.9 Å². The third-order valence-corrected chi connectivity index (χ3v) is 6.23. The molecule has 206 valence electrons. The topological polar surface area (TPSA) is 133 Å². The molecule has 1 aliphatic rings. The molecule has 0 aliphatic carbocycles. The van der Waals surface area contributed by atoms with E-state index in [-0.39, 0.29) is 6.61 Å². The van der Waals surface area contributed by atoms with Crippen LogP contribution in [-0.2, 0) is 22.6 Å². The standard InChI is InChI=1S/C22H26N6.C5H10O2.C2H6O/c1-2-3-11-25-21-20-19(26-22(24)27-21)17-9-4-5-10-18(17)28(20)14-16-8-6-7-15(12-16)13-23;1-6-5-2-3-7-4-5;1-2-3/h4-10,12H,2-3,11,13-14,23H2,1H3,(H3,24,25,26,27);5H,2-4H2,1H3;3H,2H2,1H3. The van der Waals surface area contributed by atoms with Gasteiger partial charge in [-0.05, 0) is 37.0 Å². The normalized spacial score (nSPS) is 14.6. The Labute approximate surface area is 225 Å². The number of aliphatic hydroxyl groups is 1. The molecule has 2 aromatic carbocycles. The van der Waals surface area contributed by atoms with Gasteiger partial charge in [-0.15, -0.1) is 0 Å². The molecule has 3 heterocycles. The maximum Gasteiger partial charge on any atom is 0.222 e. The van der Waals surface area contributed by atoms with Gasteiger partial charge in [-0.1, -0.05) is 55.8 Å². The van der Waals surface area contributed by atoms with Gasteiger partial charge >= 0.3 is 0 Å². The molecule has 0 radical (unpaired) electrons. The van der Waals surface area contributed by atoms with Crippen LogP contribution >= 0.6 is 0 Å². The molecule has 1 fully saturated rings. The number of aromatic nitrogens is 3. The number of nitrogens with one attached hydrogen (secondary N) is 1. The van der Waals surface area contributed by atoms with Gasteiger partial charge in [0.2, 0.25) is 5.95 Å². The van der Waals surface area contributed by atoms with E-state index in [9.17, 15) is 0 Å². The number of para-hydroxylation sites is 1. The van der Waals surface area contributed by atoms with Crippen LogP contribution in [0.3, 0.4) is 0 Å². The summed E-state index contributed by atoms with van der Waals surface area (Å²) in [6, 6.07) is 16.7. The molecule has 5 rings (SSSR count).